The summed E-state index contributed by atoms with van der Waals surface area (Å²) in [4.78, 5) is 11.7. The van der Waals surface area contributed by atoms with Crippen molar-refractivity contribution in [2.45, 2.75) is 5.88 Å². The molecule has 0 atom stereocenters. The molecule has 0 aliphatic rings. The average Bonchev–Trinajstić information content (AvgIpc) is 2.83. The Balaban J connectivity index is 2.12. The molecule has 0 aliphatic heterocycles. The number of nitrogens with one attached hydrogen (secondary N) is 2. The van der Waals surface area contributed by atoms with Crippen LogP contribution in [0.3, 0.4) is 0 Å². The molecule has 0 saturated heterocycles. The highest BCUT2D eigenvalue weighted by Gasteiger charge is 2.06. The summed E-state index contributed by atoms with van der Waals surface area (Å²) in [6.07, 6.45) is 3.02. The molecule has 2 N–H and O–H groups in total. The molecule has 0 unspecified atom stereocenters. The first-order valence-electron chi connectivity index (χ1n) is 4.74. The Morgan fingerprint density at radius 3 is 3.06 bits per heavy atom. The van der Waals surface area contributed by atoms with Crippen molar-refractivity contribution in [3.8, 4) is 0 Å². The highest BCUT2D eigenvalue weighted by molar-refractivity contribution is 6.17. The number of aromatic nitrogens is 2. The second kappa shape index (κ2) is 4.81. The van der Waals surface area contributed by atoms with Crippen LogP contribution < -0.4 is 5.32 Å². The quantitative estimate of drug-likeness (QED) is 0.803. The minimum absolute atomic E-state index is 0.194. The normalized spacial score (nSPS) is 10.1. The molecule has 0 fully saturated rings. The van der Waals surface area contributed by atoms with Crippen molar-refractivity contribution in [1.29, 1.82) is 0 Å². The monoisotopic (exact) mass is 235 g/mol. The van der Waals surface area contributed by atoms with Gasteiger partial charge in [0.15, 0.2) is 0 Å². The predicted octanol–water partition coefficient (Wildman–Crippen LogP) is 2.40. The molecule has 4 nitrogen and oxygen atoms in total. The molecule has 1 aromatic carbocycles. The van der Waals surface area contributed by atoms with Crippen LogP contribution in [0.15, 0.2) is 36.7 Å². The molecule has 2 rings (SSSR count). The predicted molar refractivity (Wildman–Crippen MR) is 62.5 cm³/mol. The van der Waals surface area contributed by atoms with Crippen molar-refractivity contribution in [1.82, 2.24) is 10.2 Å². The second-order valence-electron chi connectivity index (χ2n) is 3.28. The van der Waals surface area contributed by atoms with E-state index in [2.05, 4.69) is 15.5 Å². The first-order chi connectivity index (χ1) is 7.79. The van der Waals surface area contributed by atoms with Crippen LogP contribution in [-0.2, 0) is 5.88 Å². The molecule has 0 saturated carbocycles. The van der Waals surface area contributed by atoms with Crippen LogP contribution in [0.4, 0.5) is 5.69 Å². The molecule has 1 amide bonds. The van der Waals surface area contributed by atoms with Crippen molar-refractivity contribution in [3.63, 3.8) is 0 Å². The molecule has 5 heteroatoms. The Bertz CT molecular complexity index is 482. The summed E-state index contributed by atoms with van der Waals surface area (Å²) in [5, 5.41) is 9.06. The van der Waals surface area contributed by atoms with Gasteiger partial charge in [-0.15, -0.1) is 11.6 Å². The fourth-order valence-corrected chi connectivity index (χ4v) is 1.48. The maximum atomic E-state index is 11.7. The summed E-state index contributed by atoms with van der Waals surface area (Å²) in [7, 11) is 0. The van der Waals surface area contributed by atoms with Crippen molar-refractivity contribution in [3.05, 3.63) is 47.8 Å². The number of nitrogens with zero attached hydrogens (tertiary/aromatic N) is 1. The van der Waals surface area contributed by atoms with Gasteiger partial charge in [-0.2, -0.15) is 5.10 Å². The summed E-state index contributed by atoms with van der Waals surface area (Å²) in [5.41, 5.74) is 2.19. The SMILES string of the molecule is O=C(Nc1cccc(CCl)c1)c1cn[nH]c1. The first kappa shape index (κ1) is 10.7. The van der Waals surface area contributed by atoms with Crippen LogP contribution >= 0.6 is 11.6 Å². The third-order valence-corrected chi connectivity index (χ3v) is 2.41. The lowest BCUT2D eigenvalue weighted by molar-refractivity contribution is 0.102. The maximum Gasteiger partial charge on any atom is 0.258 e. The van der Waals surface area contributed by atoms with Gasteiger partial charge in [0.2, 0.25) is 0 Å². The highest BCUT2D eigenvalue weighted by Crippen LogP contribution is 2.13. The Morgan fingerprint density at radius 2 is 2.38 bits per heavy atom. The van der Waals surface area contributed by atoms with Gasteiger partial charge in [-0.05, 0) is 17.7 Å². The third kappa shape index (κ3) is 2.41. The lowest BCUT2D eigenvalue weighted by atomic mass is 10.2. The minimum atomic E-state index is -0.194. The van der Waals surface area contributed by atoms with Crippen molar-refractivity contribution in [2.24, 2.45) is 0 Å². The van der Waals surface area contributed by atoms with Crippen LogP contribution in [0.1, 0.15) is 15.9 Å². The van der Waals surface area contributed by atoms with Gasteiger partial charge in [-0.3, -0.25) is 9.89 Å². The van der Waals surface area contributed by atoms with Gasteiger partial charge >= 0.3 is 0 Å². The molecule has 1 heterocycles. The number of carbonyl (C=O) groups is 1. The van der Waals surface area contributed by atoms with Gasteiger partial charge < -0.3 is 5.32 Å². The van der Waals surface area contributed by atoms with Crippen LogP contribution in [0.25, 0.3) is 0 Å². The summed E-state index contributed by atoms with van der Waals surface area (Å²) < 4.78 is 0. The molecular weight excluding hydrogens is 226 g/mol. The molecule has 2 aromatic rings. The number of carbonyl (C=O) groups excluding carboxylic acids is 1. The fourth-order valence-electron chi connectivity index (χ4n) is 1.31. The number of hydrogen-bond acceptors (Lipinski definition) is 2. The second-order valence-corrected chi connectivity index (χ2v) is 3.54. The molecule has 0 aliphatic carbocycles. The number of H-pyrrole nitrogens is 1. The topological polar surface area (TPSA) is 57.8 Å². The van der Waals surface area contributed by atoms with E-state index in [1.807, 2.05) is 24.3 Å². The first-order valence-corrected chi connectivity index (χ1v) is 5.28. The average molecular weight is 236 g/mol. The zero-order chi connectivity index (χ0) is 11.4. The largest absolute Gasteiger partial charge is 0.322 e. The Morgan fingerprint density at radius 1 is 1.50 bits per heavy atom. The van der Waals surface area contributed by atoms with E-state index in [1.165, 1.54) is 6.20 Å². The van der Waals surface area contributed by atoms with Gasteiger partial charge in [0.25, 0.3) is 5.91 Å². The smallest absolute Gasteiger partial charge is 0.258 e. The molecular formula is C11H10ClN3O. The van der Waals surface area contributed by atoms with E-state index >= 15 is 0 Å². The number of aromatic amines is 1. The van der Waals surface area contributed by atoms with E-state index in [-0.39, 0.29) is 5.91 Å². The van der Waals surface area contributed by atoms with Crippen molar-refractivity contribution in [2.75, 3.05) is 5.32 Å². The molecule has 0 radical (unpaired) electrons. The number of halogens is 1. The van der Waals surface area contributed by atoms with Gasteiger partial charge in [0, 0.05) is 17.8 Å². The zero-order valence-corrected chi connectivity index (χ0v) is 9.16. The van der Waals surface area contributed by atoms with E-state index < -0.39 is 0 Å². The van der Waals surface area contributed by atoms with Gasteiger partial charge in [0.1, 0.15) is 0 Å². The summed E-state index contributed by atoms with van der Waals surface area (Å²) >= 11 is 5.71. The Hall–Kier alpha value is -1.81. The van der Waals surface area contributed by atoms with E-state index in [0.29, 0.717) is 11.4 Å². The summed E-state index contributed by atoms with van der Waals surface area (Å²) in [6, 6.07) is 7.40. The zero-order valence-electron chi connectivity index (χ0n) is 8.40. The molecule has 0 bridgehead atoms. The number of anilines is 1. The molecule has 16 heavy (non-hydrogen) atoms. The number of hydrogen-bond donors (Lipinski definition) is 2. The maximum absolute atomic E-state index is 11.7. The van der Waals surface area contributed by atoms with Crippen LogP contribution in [0.5, 0.6) is 0 Å². The van der Waals surface area contributed by atoms with Crippen LogP contribution in [0, 0.1) is 0 Å². The fraction of sp³-hybridized carbons (Fsp3) is 0.0909. The molecule has 1 aromatic heterocycles. The lowest BCUT2D eigenvalue weighted by Gasteiger charge is -2.04. The summed E-state index contributed by atoms with van der Waals surface area (Å²) in [5.74, 6) is 0.232. The van der Waals surface area contributed by atoms with E-state index in [1.54, 1.807) is 6.20 Å². The lowest BCUT2D eigenvalue weighted by Crippen LogP contribution is -2.10. The van der Waals surface area contributed by atoms with E-state index in [9.17, 15) is 4.79 Å². The summed E-state index contributed by atoms with van der Waals surface area (Å²) in [6.45, 7) is 0. The number of alkyl halides is 1. The standard InChI is InChI=1S/C11H10ClN3O/c12-5-8-2-1-3-10(4-8)15-11(16)9-6-13-14-7-9/h1-4,6-7H,5H2,(H,13,14)(H,15,16). The number of benzene rings is 1. The Labute approximate surface area is 97.6 Å². The van der Waals surface area contributed by atoms with Crippen LogP contribution in [0.2, 0.25) is 0 Å². The molecule has 82 valence electrons. The van der Waals surface area contributed by atoms with Crippen molar-refractivity contribution >= 4 is 23.2 Å². The van der Waals surface area contributed by atoms with E-state index in [0.717, 1.165) is 11.3 Å². The van der Waals surface area contributed by atoms with Crippen LogP contribution in [-0.4, -0.2) is 16.1 Å². The molecule has 0 spiro atoms. The van der Waals surface area contributed by atoms with Gasteiger partial charge in [0.05, 0.1) is 11.8 Å². The minimum Gasteiger partial charge on any atom is -0.322 e. The van der Waals surface area contributed by atoms with Gasteiger partial charge in [-0.25, -0.2) is 0 Å². The van der Waals surface area contributed by atoms with Crippen molar-refractivity contribution < 1.29 is 4.79 Å². The number of rotatable bonds is 3. The Kier molecular flexibility index (Phi) is 3.22. The number of amides is 1. The van der Waals surface area contributed by atoms with E-state index in [4.69, 9.17) is 11.6 Å². The third-order valence-electron chi connectivity index (χ3n) is 2.10. The highest BCUT2D eigenvalue weighted by atomic mass is 35.5. The van der Waals surface area contributed by atoms with Gasteiger partial charge in [-0.1, -0.05) is 12.1 Å².